The molecule has 1 aliphatic heterocycles. The van der Waals surface area contributed by atoms with E-state index in [-0.39, 0.29) is 17.4 Å². The highest BCUT2D eigenvalue weighted by atomic mass is 19.1. The average Bonchev–Trinajstić information content (AvgIpc) is 3.20. The van der Waals surface area contributed by atoms with E-state index in [0.717, 1.165) is 5.82 Å². The molecule has 144 valence electrons. The van der Waals surface area contributed by atoms with Gasteiger partial charge in [0.25, 0.3) is 5.91 Å². The monoisotopic (exact) mass is 383 g/mol. The summed E-state index contributed by atoms with van der Waals surface area (Å²) in [5, 5.41) is 12.2. The van der Waals surface area contributed by atoms with Crippen LogP contribution < -0.4 is 15.8 Å². The zero-order valence-corrected chi connectivity index (χ0v) is 14.9. The predicted octanol–water partition coefficient (Wildman–Crippen LogP) is 0.941. The molecule has 1 aliphatic rings. The van der Waals surface area contributed by atoms with Crippen molar-refractivity contribution in [2.24, 2.45) is 5.92 Å². The number of nitrogens with zero attached hydrogens (tertiary/aromatic N) is 5. The fourth-order valence-electron chi connectivity index (χ4n) is 3.19. The molecule has 0 aliphatic carbocycles. The average molecular weight is 383 g/mol. The Bertz CT molecular complexity index is 1010. The lowest BCUT2D eigenvalue weighted by Crippen LogP contribution is -2.47. The number of hydrogen-bond donors (Lipinski definition) is 2. The number of halogens is 1. The Morgan fingerprint density at radius 2 is 1.86 bits per heavy atom. The number of benzene rings is 1. The van der Waals surface area contributed by atoms with Crippen LogP contribution in [0.15, 0.2) is 42.7 Å². The highest BCUT2D eigenvalue weighted by Gasteiger charge is 2.26. The second-order valence-corrected chi connectivity index (χ2v) is 6.51. The first-order valence-corrected chi connectivity index (χ1v) is 8.88. The summed E-state index contributed by atoms with van der Waals surface area (Å²) in [4.78, 5) is 26.4. The van der Waals surface area contributed by atoms with Gasteiger partial charge in [-0.3, -0.25) is 20.4 Å². The smallest absolute Gasteiger partial charge is 0.272 e. The fraction of sp³-hybridized carbons (Fsp3) is 0.278. The third kappa shape index (κ3) is 3.61. The summed E-state index contributed by atoms with van der Waals surface area (Å²) in [6, 6.07) is 9.31. The van der Waals surface area contributed by atoms with Crippen molar-refractivity contribution in [3.05, 3.63) is 54.1 Å². The van der Waals surface area contributed by atoms with Crippen LogP contribution >= 0.6 is 0 Å². The summed E-state index contributed by atoms with van der Waals surface area (Å²) >= 11 is 0. The van der Waals surface area contributed by atoms with Crippen molar-refractivity contribution >= 4 is 23.3 Å². The van der Waals surface area contributed by atoms with E-state index in [2.05, 4.69) is 31.0 Å². The van der Waals surface area contributed by atoms with Crippen LogP contribution in [0.5, 0.6) is 0 Å². The first-order valence-electron chi connectivity index (χ1n) is 8.88. The standard InChI is InChI=1S/C18H18FN7O2/c19-14-4-2-1-3-13(14)18(28)23-22-17(27)12-7-9-25(10-8-12)16-6-5-15-21-20-11-26(15)24-16/h1-6,11-12H,7-10H2,(H,22,27)(H,23,28). The van der Waals surface area contributed by atoms with E-state index in [1.807, 2.05) is 12.1 Å². The van der Waals surface area contributed by atoms with Gasteiger partial charge in [-0.15, -0.1) is 15.3 Å². The van der Waals surface area contributed by atoms with Gasteiger partial charge in [0, 0.05) is 19.0 Å². The van der Waals surface area contributed by atoms with Crippen molar-refractivity contribution in [1.29, 1.82) is 0 Å². The zero-order valence-electron chi connectivity index (χ0n) is 14.9. The molecule has 1 saturated heterocycles. The number of hydrazine groups is 1. The van der Waals surface area contributed by atoms with Gasteiger partial charge in [-0.1, -0.05) is 12.1 Å². The molecule has 2 amide bonds. The Hall–Kier alpha value is -3.56. The van der Waals surface area contributed by atoms with Crippen LogP contribution in [0.25, 0.3) is 5.65 Å². The van der Waals surface area contributed by atoms with Crippen LogP contribution in [-0.4, -0.2) is 44.7 Å². The van der Waals surface area contributed by atoms with Gasteiger partial charge in [-0.05, 0) is 37.1 Å². The molecule has 4 rings (SSSR count). The Morgan fingerprint density at radius 1 is 1.07 bits per heavy atom. The maximum Gasteiger partial charge on any atom is 0.272 e. The molecule has 9 nitrogen and oxygen atoms in total. The summed E-state index contributed by atoms with van der Waals surface area (Å²) in [6.07, 6.45) is 2.77. The molecular formula is C18H18FN7O2. The molecule has 0 spiro atoms. The minimum absolute atomic E-state index is 0.118. The van der Waals surface area contributed by atoms with Gasteiger partial charge in [-0.2, -0.15) is 4.52 Å². The molecular weight excluding hydrogens is 365 g/mol. The number of piperidine rings is 1. The van der Waals surface area contributed by atoms with Gasteiger partial charge in [0.1, 0.15) is 18.0 Å². The normalized spacial score (nSPS) is 14.8. The quantitative estimate of drug-likeness (QED) is 0.653. The number of nitrogens with one attached hydrogen (secondary N) is 2. The highest BCUT2D eigenvalue weighted by molar-refractivity contribution is 5.95. The number of aromatic nitrogens is 4. The summed E-state index contributed by atoms with van der Waals surface area (Å²) in [5.74, 6) is -1.06. The van der Waals surface area contributed by atoms with Crippen LogP contribution in [0.3, 0.4) is 0 Å². The second kappa shape index (κ2) is 7.59. The molecule has 1 aromatic carbocycles. The zero-order chi connectivity index (χ0) is 19.5. The lowest BCUT2D eigenvalue weighted by Gasteiger charge is -2.31. The Balaban J connectivity index is 1.30. The van der Waals surface area contributed by atoms with Crippen LogP contribution in [-0.2, 0) is 4.79 Å². The third-order valence-corrected chi connectivity index (χ3v) is 4.76. The Morgan fingerprint density at radius 3 is 2.64 bits per heavy atom. The summed E-state index contributed by atoms with van der Waals surface area (Å²) < 4.78 is 15.2. The van der Waals surface area contributed by atoms with Crippen LogP contribution in [0, 0.1) is 11.7 Å². The van der Waals surface area contributed by atoms with E-state index in [9.17, 15) is 14.0 Å². The largest absolute Gasteiger partial charge is 0.355 e. The van der Waals surface area contributed by atoms with Gasteiger partial charge in [0.15, 0.2) is 5.65 Å². The van der Waals surface area contributed by atoms with Crippen LogP contribution in [0.1, 0.15) is 23.2 Å². The lowest BCUT2D eigenvalue weighted by molar-refractivity contribution is -0.126. The fourth-order valence-corrected chi connectivity index (χ4v) is 3.19. The maximum atomic E-state index is 13.6. The van der Waals surface area contributed by atoms with E-state index in [1.165, 1.54) is 24.5 Å². The second-order valence-electron chi connectivity index (χ2n) is 6.51. The molecule has 1 fully saturated rings. The molecule has 0 saturated carbocycles. The maximum absolute atomic E-state index is 13.6. The molecule has 0 radical (unpaired) electrons. The van der Waals surface area contributed by atoms with Gasteiger partial charge >= 0.3 is 0 Å². The van der Waals surface area contributed by atoms with E-state index < -0.39 is 11.7 Å². The number of rotatable bonds is 3. The SMILES string of the molecule is O=C(NNC(=O)C1CCN(c2ccc3nncn3n2)CC1)c1ccccc1F. The van der Waals surface area contributed by atoms with E-state index in [0.29, 0.717) is 31.6 Å². The lowest BCUT2D eigenvalue weighted by atomic mass is 9.96. The number of amides is 2. The van der Waals surface area contributed by atoms with Crippen molar-refractivity contribution in [2.75, 3.05) is 18.0 Å². The van der Waals surface area contributed by atoms with Crippen molar-refractivity contribution in [2.45, 2.75) is 12.8 Å². The van der Waals surface area contributed by atoms with Crippen LogP contribution in [0.2, 0.25) is 0 Å². The summed E-state index contributed by atoms with van der Waals surface area (Å²) in [6.45, 7) is 1.31. The topological polar surface area (TPSA) is 105 Å². The third-order valence-electron chi connectivity index (χ3n) is 4.76. The number of carbonyl (C=O) groups excluding carboxylic acids is 2. The van der Waals surface area contributed by atoms with Gasteiger partial charge in [0.2, 0.25) is 5.91 Å². The number of fused-ring (bicyclic) bond motifs is 1. The molecule has 28 heavy (non-hydrogen) atoms. The minimum atomic E-state index is -0.685. The first kappa shape index (κ1) is 17.8. The molecule has 3 heterocycles. The number of anilines is 1. The van der Waals surface area contributed by atoms with Gasteiger partial charge in [-0.25, -0.2) is 4.39 Å². The predicted molar refractivity (Wildman–Crippen MR) is 97.7 cm³/mol. The van der Waals surface area contributed by atoms with Crippen molar-refractivity contribution in [1.82, 2.24) is 30.7 Å². The highest BCUT2D eigenvalue weighted by Crippen LogP contribution is 2.22. The minimum Gasteiger partial charge on any atom is -0.355 e. The van der Waals surface area contributed by atoms with Gasteiger partial charge in [0.05, 0.1) is 5.56 Å². The number of carbonyl (C=O) groups is 2. The van der Waals surface area contributed by atoms with Crippen molar-refractivity contribution in [3.8, 4) is 0 Å². The van der Waals surface area contributed by atoms with Crippen LogP contribution in [0.4, 0.5) is 10.2 Å². The molecule has 2 N–H and O–H groups in total. The molecule has 0 atom stereocenters. The summed E-state index contributed by atoms with van der Waals surface area (Å²) in [5.41, 5.74) is 5.22. The van der Waals surface area contributed by atoms with E-state index in [1.54, 1.807) is 10.6 Å². The molecule has 3 aromatic rings. The molecule has 0 bridgehead atoms. The van der Waals surface area contributed by atoms with E-state index in [4.69, 9.17) is 0 Å². The molecule has 2 aromatic heterocycles. The first-order chi connectivity index (χ1) is 13.6. The Kier molecular flexibility index (Phi) is 4.83. The van der Waals surface area contributed by atoms with Crippen molar-refractivity contribution in [3.63, 3.8) is 0 Å². The molecule has 0 unspecified atom stereocenters. The van der Waals surface area contributed by atoms with E-state index >= 15 is 0 Å². The molecule has 10 heteroatoms. The number of hydrogen-bond acceptors (Lipinski definition) is 6. The van der Waals surface area contributed by atoms with Crippen molar-refractivity contribution < 1.29 is 14.0 Å². The Labute approximate surface area is 159 Å². The summed E-state index contributed by atoms with van der Waals surface area (Å²) in [7, 11) is 0. The van der Waals surface area contributed by atoms with Gasteiger partial charge < -0.3 is 4.90 Å².